The highest BCUT2D eigenvalue weighted by Crippen LogP contribution is 2.20. The van der Waals surface area contributed by atoms with Crippen molar-refractivity contribution in [1.29, 1.82) is 0 Å². The fraction of sp³-hybridized carbons (Fsp3) is 0.714. The van der Waals surface area contributed by atoms with Gasteiger partial charge < -0.3 is 9.73 Å². The number of aryl methyl sites for hydroxylation is 1. The molecule has 0 spiro atoms. The maximum absolute atomic E-state index is 5.65. The second-order valence-corrected chi connectivity index (χ2v) is 5.11. The van der Waals surface area contributed by atoms with Crippen LogP contribution in [0.4, 0.5) is 0 Å². The number of nitrogens with zero attached hydrogens (tertiary/aromatic N) is 1. The van der Waals surface area contributed by atoms with Crippen LogP contribution in [0.1, 0.15) is 38.2 Å². The molecule has 1 aromatic heterocycles. The van der Waals surface area contributed by atoms with Crippen LogP contribution in [0, 0.1) is 6.92 Å². The summed E-state index contributed by atoms with van der Waals surface area (Å²) in [7, 11) is 0. The third-order valence-electron chi connectivity index (χ3n) is 3.66. The van der Waals surface area contributed by atoms with Crippen LogP contribution < -0.4 is 5.32 Å². The summed E-state index contributed by atoms with van der Waals surface area (Å²) >= 11 is 0. The van der Waals surface area contributed by atoms with E-state index in [1.807, 2.05) is 13.0 Å². The van der Waals surface area contributed by atoms with E-state index in [9.17, 15) is 0 Å². The maximum Gasteiger partial charge on any atom is 0.118 e. The van der Waals surface area contributed by atoms with Crippen LogP contribution in [0.25, 0.3) is 0 Å². The minimum atomic E-state index is 0.637. The van der Waals surface area contributed by atoms with E-state index < -0.39 is 0 Å². The number of piperidine rings is 1. The smallest absolute Gasteiger partial charge is 0.118 e. The molecule has 1 saturated heterocycles. The van der Waals surface area contributed by atoms with Gasteiger partial charge in [0.05, 0.1) is 6.54 Å². The van der Waals surface area contributed by atoms with Crippen molar-refractivity contribution in [3.05, 3.63) is 23.7 Å². The molecule has 3 heteroatoms. The Morgan fingerprint density at radius 3 is 2.88 bits per heavy atom. The first-order valence-corrected chi connectivity index (χ1v) is 6.71. The van der Waals surface area contributed by atoms with Gasteiger partial charge in [-0.2, -0.15) is 0 Å². The second kappa shape index (κ2) is 5.69. The van der Waals surface area contributed by atoms with Crippen LogP contribution in [-0.2, 0) is 6.54 Å². The minimum absolute atomic E-state index is 0.637. The van der Waals surface area contributed by atoms with Crippen LogP contribution in [0.5, 0.6) is 0 Å². The first-order valence-electron chi connectivity index (χ1n) is 6.71. The topological polar surface area (TPSA) is 28.4 Å². The van der Waals surface area contributed by atoms with Gasteiger partial charge in [-0.15, -0.1) is 0 Å². The van der Waals surface area contributed by atoms with Gasteiger partial charge in [-0.25, -0.2) is 0 Å². The van der Waals surface area contributed by atoms with Crippen molar-refractivity contribution in [2.24, 2.45) is 0 Å². The molecule has 3 nitrogen and oxygen atoms in total. The van der Waals surface area contributed by atoms with Crippen molar-refractivity contribution in [2.75, 3.05) is 13.1 Å². The van der Waals surface area contributed by atoms with E-state index in [1.54, 1.807) is 0 Å². The number of furan rings is 1. The van der Waals surface area contributed by atoms with Crippen molar-refractivity contribution >= 4 is 0 Å². The summed E-state index contributed by atoms with van der Waals surface area (Å²) in [6.45, 7) is 9.70. The van der Waals surface area contributed by atoms with E-state index in [4.69, 9.17) is 4.42 Å². The summed E-state index contributed by atoms with van der Waals surface area (Å²) in [5.41, 5.74) is 0. The van der Waals surface area contributed by atoms with Crippen molar-refractivity contribution < 1.29 is 4.42 Å². The molecule has 2 rings (SSSR count). The van der Waals surface area contributed by atoms with Crippen molar-refractivity contribution in [2.45, 2.75) is 52.2 Å². The lowest BCUT2D eigenvalue weighted by Crippen LogP contribution is -2.46. The average Bonchev–Trinajstić information content (AvgIpc) is 2.69. The second-order valence-electron chi connectivity index (χ2n) is 5.11. The molecule has 2 heterocycles. The van der Waals surface area contributed by atoms with Crippen LogP contribution in [0.15, 0.2) is 16.5 Å². The fourth-order valence-corrected chi connectivity index (χ4v) is 2.70. The fourth-order valence-electron chi connectivity index (χ4n) is 2.70. The molecule has 2 atom stereocenters. The summed E-state index contributed by atoms with van der Waals surface area (Å²) in [6, 6.07) is 5.48. The molecule has 0 bridgehead atoms. The SMILES string of the molecule is CCNC1CCN(Cc2ccc(C)o2)C(C)C1. The van der Waals surface area contributed by atoms with Gasteiger partial charge in [0.15, 0.2) is 0 Å². The summed E-state index contributed by atoms with van der Waals surface area (Å²) in [5, 5.41) is 3.55. The quantitative estimate of drug-likeness (QED) is 0.871. The number of hydrogen-bond donors (Lipinski definition) is 1. The molecular formula is C14H24N2O. The number of hydrogen-bond acceptors (Lipinski definition) is 3. The van der Waals surface area contributed by atoms with Crippen LogP contribution in [-0.4, -0.2) is 30.1 Å². The Morgan fingerprint density at radius 1 is 1.47 bits per heavy atom. The highest BCUT2D eigenvalue weighted by atomic mass is 16.3. The predicted octanol–water partition coefficient (Wildman–Crippen LogP) is 2.55. The Balaban J connectivity index is 1.87. The zero-order chi connectivity index (χ0) is 12.3. The molecule has 0 radical (unpaired) electrons. The Morgan fingerprint density at radius 2 is 2.29 bits per heavy atom. The summed E-state index contributed by atoms with van der Waals surface area (Å²) in [5.74, 6) is 2.10. The van der Waals surface area contributed by atoms with Crippen molar-refractivity contribution in [3.8, 4) is 0 Å². The molecule has 0 saturated carbocycles. The van der Waals surface area contributed by atoms with Gasteiger partial charge >= 0.3 is 0 Å². The number of rotatable bonds is 4. The lowest BCUT2D eigenvalue weighted by atomic mass is 9.98. The van der Waals surface area contributed by atoms with Crippen LogP contribution in [0.2, 0.25) is 0 Å². The minimum Gasteiger partial charge on any atom is -0.465 e. The first kappa shape index (κ1) is 12.7. The highest BCUT2D eigenvalue weighted by Gasteiger charge is 2.25. The molecule has 96 valence electrons. The monoisotopic (exact) mass is 236 g/mol. The summed E-state index contributed by atoms with van der Waals surface area (Å²) in [4.78, 5) is 2.52. The Kier molecular flexibility index (Phi) is 4.24. The van der Waals surface area contributed by atoms with Gasteiger partial charge in [-0.05, 0) is 45.4 Å². The molecule has 0 aromatic carbocycles. The first-order chi connectivity index (χ1) is 8.19. The maximum atomic E-state index is 5.65. The molecule has 1 aliphatic heterocycles. The Bertz CT molecular complexity index is 348. The Labute approximate surface area is 104 Å². The molecule has 1 aromatic rings. The normalized spacial score (nSPS) is 26.3. The van der Waals surface area contributed by atoms with Gasteiger partial charge in [0.25, 0.3) is 0 Å². The van der Waals surface area contributed by atoms with Gasteiger partial charge in [-0.1, -0.05) is 6.92 Å². The lowest BCUT2D eigenvalue weighted by molar-refractivity contribution is 0.120. The van der Waals surface area contributed by atoms with E-state index in [-0.39, 0.29) is 0 Å². The van der Waals surface area contributed by atoms with Gasteiger partial charge in [-0.3, -0.25) is 4.90 Å². The van der Waals surface area contributed by atoms with Gasteiger partial charge in [0.1, 0.15) is 11.5 Å². The average molecular weight is 236 g/mol. The van der Waals surface area contributed by atoms with E-state index in [0.29, 0.717) is 12.1 Å². The van der Waals surface area contributed by atoms with Crippen LogP contribution in [0.3, 0.4) is 0 Å². The molecule has 0 amide bonds. The third kappa shape index (κ3) is 3.33. The van der Waals surface area contributed by atoms with Crippen molar-refractivity contribution in [1.82, 2.24) is 10.2 Å². The molecule has 17 heavy (non-hydrogen) atoms. The molecule has 0 aliphatic carbocycles. The molecule has 1 fully saturated rings. The van der Waals surface area contributed by atoms with Crippen LogP contribution >= 0.6 is 0 Å². The Hall–Kier alpha value is -0.800. The van der Waals surface area contributed by atoms with Gasteiger partial charge in [0, 0.05) is 18.6 Å². The van der Waals surface area contributed by atoms with E-state index in [0.717, 1.165) is 24.6 Å². The zero-order valence-corrected chi connectivity index (χ0v) is 11.2. The van der Waals surface area contributed by atoms with E-state index in [2.05, 4.69) is 30.1 Å². The van der Waals surface area contributed by atoms with Crippen molar-refractivity contribution in [3.63, 3.8) is 0 Å². The highest BCUT2D eigenvalue weighted by molar-refractivity contribution is 5.05. The van der Waals surface area contributed by atoms with E-state index in [1.165, 1.54) is 19.4 Å². The largest absolute Gasteiger partial charge is 0.465 e. The molecular weight excluding hydrogens is 212 g/mol. The number of nitrogens with one attached hydrogen (secondary N) is 1. The number of likely N-dealkylation sites (tertiary alicyclic amines) is 1. The summed E-state index contributed by atoms with van der Waals surface area (Å²) in [6.07, 6.45) is 2.49. The summed E-state index contributed by atoms with van der Waals surface area (Å²) < 4.78 is 5.65. The van der Waals surface area contributed by atoms with Gasteiger partial charge in [0.2, 0.25) is 0 Å². The van der Waals surface area contributed by atoms with E-state index >= 15 is 0 Å². The standard InChI is InChI=1S/C14H24N2O/c1-4-15-13-7-8-16(11(2)9-13)10-14-6-5-12(3)17-14/h5-6,11,13,15H,4,7-10H2,1-3H3. The predicted molar refractivity (Wildman–Crippen MR) is 70.0 cm³/mol. The zero-order valence-electron chi connectivity index (χ0n) is 11.2. The third-order valence-corrected chi connectivity index (χ3v) is 3.66. The molecule has 1 N–H and O–H groups in total. The lowest BCUT2D eigenvalue weighted by Gasteiger charge is -2.37. The molecule has 1 aliphatic rings. The molecule has 2 unspecified atom stereocenters.